The fraction of sp³-hybridized carbons (Fsp3) is 0.167. The molecule has 2 heterocycles. The quantitative estimate of drug-likeness (QED) is 0.416. The van der Waals surface area contributed by atoms with Crippen LogP contribution in [0.1, 0.15) is 16.8 Å². The van der Waals surface area contributed by atoms with Gasteiger partial charge in [0.05, 0.1) is 41.0 Å². The van der Waals surface area contributed by atoms with Gasteiger partial charge in [0.1, 0.15) is 0 Å². The largest absolute Gasteiger partial charge is 0.416 e. The molecule has 34 heavy (non-hydrogen) atoms. The fourth-order valence-electron chi connectivity index (χ4n) is 3.81. The number of rotatable bonds is 3. The second-order valence-electron chi connectivity index (χ2n) is 7.71. The zero-order chi connectivity index (χ0) is 24.8. The molecular weight excluding hydrogens is 447 g/mol. The molecule has 0 saturated heterocycles. The smallest absolute Gasteiger partial charge is 0.268 e. The molecule has 0 bridgehead atoms. The van der Waals surface area contributed by atoms with Crippen LogP contribution in [-0.4, -0.2) is 18.9 Å². The minimum absolute atomic E-state index is 0.0145. The van der Waals surface area contributed by atoms with Crippen LogP contribution in [0, 0.1) is 20.4 Å². The first-order chi connectivity index (χ1) is 16.0. The average Bonchev–Trinajstić information content (AvgIpc) is 3.18. The molecule has 0 spiro atoms. The maximum absolute atomic E-state index is 13.3. The highest BCUT2D eigenvalue weighted by molar-refractivity contribution is 5.68. The second-order valence-corrected chi connectivity index (χ2v) is 7.71. The van der Waals surface area contributed by atoms with Gasteiger partial charge in [0.2, 0.25) is 0 Å². The Labute approximate surface area is 191 Å². The van der Waals surface area contributed by atoms with Crippen LogP contribution in [0.3, 0.4) is 0 Å². The zero-order valence-electron chi connectivity index (χ0n) is 18.4. The molecule has 0 aliphatic rings. The molecule has 0 aliphatic carbocycles. The van der Waals surface area contributed by atoms with E-state index in [1.807, 2.05) is 0 Å². The highest BCUT2D eigenvalue weighted by Gasteiger charge is 2.31. The van der Waals surface area contributed by atoms with Gasteiger partial charge in [-0.15, -0.1) is 0 Å². The van der Waals surface area contributed by atoms with Gasteiger partial charge in [-0.05, 0) is 49.7 Å². The summed E-state index contributed by atoms with van der Waals surface area (Å²) in [6, 6.07) is 10.9. The van der Waals surface area contributed by atoms with Crippen LogP contribution in [0.4, 0.5) is 18.9 Å². The number of nitrogens with zero attached hydrogens (tertiary/aromatic N) is 5. The lowest BCUT2D eigenvalue weighted by molar-refractivity contribution is -0.137. The summed E-state index contributed by atoms with van der Waals surface area (Å²) in [6.07, 6.45) is -3.04. The summed E-state index contributed by atoms with van der Waals surface area (Å²) in [5.74, 6) is 0. The maximum atomic E-state index is 13.3. The van der Waals surface area contributed by atoms with Crippen molar-refractivity contribution < 1.29 is 13.2 Å². The standard InChI is InChI=1S/C24H18F3N5O2/c1-14-13-29-32(18-10-8-17(28-3)9-11-18)21(14)20-15(2)31(23(34)30(4)22(20)33)19-7-5-6-16(12-19)24(25,26)27/h5-13H,1-2,4H3. The molecule has 10 heteroatoms. The highest BCUT2D eigenvalue weighted by Crippen LogP contribution is 2.31. The lowest BCUT2D eigenvalue weighted by atomic mass is 10.1. The molecular formula is C24H18F3N5O2. The molecule has 0 saturated carbocycles. The van der Waals surface area contributed by atoms with Crippen LogP contribution in [0.25, 0.3) is 27.5 Å². The topological polar surface area (TPSA) is 66.2 Å². The number of alkyl halides is 3. The molecule has 0 unspecified atom stereocenters. The molecule has 2 aromatic heterocycles. The van der Waals surface area contributed by atoms with E-state index in [1.165, 1.54) is 30.8 Å². The van der Waals surface area contributed by atoms with Gasteiger partial charge in [0.15, 0.2) is 5.69 Å². The Kier molecular flexibility index (Phi) is 5.49. The molecule has 0 amide bonds. The van der Waals surface area contributed by atoms with E-state index < -0.39 is 23.0 Å². The fourth-order valence-corrected chi connectivity index (χ4v) is 3.81. The lowest BCUT2D eigenvalue weighted by Crippen LogP contribution is -2.40. The van der Waals surface area contributed by atoms with Gasteiger partial charge in [-0.1, -0.05) is 18.2 Å². The number of hydrogen-bond acceptors (Lipinski definition) is 3. The molecule has 0 aliphatic heterocycles. The van der Waals surface area contributed by atoms with E-state index in [0.29, 0.717) is 22.6 Å². The van der Waals surface area contributed by atoms with E-state index in [1.54, 1.807) is 37.4 Å². The van der Waals surface area contributed by atoms with E-state index in [2.05, 4.69) is 9.94 Å². The van der Waals surface area contributed by atoms with Crippen LogP contribution in [0.5, 0.6) is 0 Å². The molecule has 172 valence electrons. The first-order valence-electron chi connectivity index (χ1n) is 10.1. The Morgan fingerprint density at radius 2 is 1.68 bits per heavy atom. The average molecular weight is 465 g/mol. The first-order valence-corrected chi connectivity index (χ1v) is 10.1. The zero-order valence-corrected chi connectivity index (χ0v) is 18.4. The van der Waals surface area contributed by atoms with Gasteiger partial charge in [-0.25, -0.2) is 14.3 Å². The Balaban J connectivity index is 2.02. The Bertz CT molecular complexity index is 1570. The van der Waals surface area contributed by atoms with Crippen molar-refractivity contribution in [2.75, 3.05) is 0 Å². The van der Waals surface area contributed by atoms with E-state index in [0.717, 1.165) is 21.3 Å². The van der Waals surface area contributed by atoms with Crippen LogP contribution in [0.15, 0.2) is 64.3 Å². The molecule has 0 radical (unpaired) electrons. The van der Waals surface area contributed by atoms with Crippen molar-refractivity contribution in [2.24, 2.45) is 7.05 Å². The van der Waals surface area contributed by atoms with E-state index in [4.69, 9.17) is 6.57 Å². The number of halogens is 3. The van der Waals surface area contributed by atoms with Crippen LogP contribution in [0.2, 0.25) is 0 Å². The molecule has 4 rings (SSSR count). The third-order valence-corrected chi connectivity index (χ3v) is 5.54. The van der Waals surface area contributed by atoms with Crippen LogP contribution in [-0.2, 0) is 13.2 Å². The minimum atomic E-state index is -4.59. The summed E-state index contributed by atoms with van der Waals surface area (Å²) in [6.45, 7) is 10.4. The Morgan fingerprint density at radius 3 is 2.29 bits per heavy atom. The van der Waals surface area contributed by atoms with Crippen molar-refractivity contribution in [2.45, 2.75) is 20.0 Å². The molecule has 4 aromatic rings. The molecule has 0 N–H and O–H groups in total. The summed E-state index contributed by atoms with van der Waals surface area (Å²) in [5, 5.41) is 4.36. The summed E-state index contributed by atoms with van der Waals surface area (Å²) in [4.78, 5) is 29.6. The van der Waals surface area contributed by atoms with Gasteiger partial charge in [0, 0.05) is 12.7 Å². The summed E-state index contributed by atoms with van der Waals surface area (Å²) in [5.41, 5.74) is 0.0428. The summed E-state index contributed by atoms with van der Waals surface area (Å²) < 4.78 is 43.4. The first kappa shape index (κ1) is 22.8. The number of aryl methyl sites for hydroxylation is 1. The number of hydrogen-bond donors (Lipinski definition) is 0. The highest BCUT2D eigenvalue weighted by atomic mass is 19.4. The van der Waals surface area contributed by atoms with Gasteiger partial charge >= 0.3 is 11.9 Å². The van der Waals surface area contributed by atoms with Crippen molar-refractivity contribution in [3.63, 3.8) is 0 Å². The predicted molar refractivity (Wildman–Crippen MR) is 121 cm³/mol. The number of aromatic nitrogens is 4. The normalized spacial score (nSPS) is 11.4. The SMILES string of the molecule is [C-]#[N+]c1ccc(-n2ncc(C)c2-c2c(C)n(-c3cccc(C(F)(F)F)c3)c(=O)n(C)c2=O)cc1. The molecule has 7 nitrogen and oxygen atoms in total. The van der Waals surface area contributed by atoms with E-state index in [-0.39, 0.29) is 16.9 Å². The predicted octanol–water partition coefficient (Wildman–Crippen LogP) is 4.58. The maximum Gasteiger partial charge on any atom is 0.416 e. The molecule has 2 aromatic carbocycles. The second kappa shape index (κ2) is 8.19. The minimum Gasteiger partial charge on any atom is -0.268 e. The van der Waals surface area contributed by atoms with Crippen molar-refractivity contribution in [1.29, 1.82) is 0 Å². The van der Waals surface area contributed by atoms with Crippen molar-refractivity contribution in [1.82, 2.24) is 18.9 Å². The number of benzene rings is 2. The van der Waals surface area contributed by atoms with Crippen molar-refractivity contribution in [3.8, 4) is 22.6 Å². The summed E-state index contributed by atoms with van der Waals surface area (Å²) >= 11 is 0. The van der Waals surface area contributed by atoms with Gasteiger partial charge in [-0.3, -0.25) is 13.9 Å². The third-order valence-electron chi connectivity index (χ3n) is 5.54. The van der Waals surface area contributed by atoms with Crippen molar-refractivity contribution in [3.05, 3.63) is 104 Å². The van der Waals surface area contributed by atoms with Crippen molar-refractivity contribution >= 4 is 5.69 Å². The van der Waals surface area contributed by atoms with Gasteiger partial charge in [-0.2, -0.15) is 18.3 Å². The van der Waals surface area contributed by atoms with E-state index in [9.17, 15) is 22.8 Å². The van der Waals surface area contributed by atoms with Gasteiger partial charge < -0.3 is 0 Å². The molecule has 0 atom stereocenters. The third kappa shape index (κ3) is 3.71. The van der Waals surface area contributed by atoms with Crippen LogP contribution >= 0.6 is 0 Å². The Morgan fingerprint density at radius 1 is 1.00 bits per heavy atom. The Hall–Kier alpha value is -4.39. The van der Waals surface area contributed by atoms with Gasteiger partial charge in [0.25, 0.3) is 5.56 Å². The summed E-state index contributed by atoms with van der Waals surface area (Å²) in [7, 11) is 1.28. The van der Waals surface area contributed by atoms with E-state index >= 15 is 0 Å². The lowest BCUT2D eigenvalue weighted by Gasteiger charge is -2.18. The monoisotopic (exact) mass is 465 g/mol. The van der Waals surface area contributed by atoms with Crippen LogP contribution < -0.4 is 11.2 Å². The molecule has 0 fully saturated rings.